The molecule has 22 heavy (non-hydrogen) atoms. The Labute approximate surface area is 124 Å². The highest BCUT2D eigenvalue weighted by atomic mass is 19.4. The second kappa shape index (κ2) is 6.05. The molecule has 0 spiro atoms. The number of pyridine rings is 1. The number of carbonyl (C=O) groups is 1. The number of aromatic nitrogens is 1. The van der Waals surface area contributed by atoms with Crippen LogP contribution < -0.4 is 10.9 Å². The Morgan fingerprint density at radius 2 is 1.95 bits per heavy atom. The molecule has 0 atom stereocenters. The van der Waals surface area contributed by atoms with Crippen LogP contribution in [0, 0.1) is 0 Å². The zero-order valence-corrected chi connectivity index (χ0v) is 11.6. The van der Waals surface area contributed by atoms with E-state index in [1.165, 1.54) is 0 Å². The molecule has 0 unspecified atom stereocenters. The van der Waals surface area contributed by atoms with Gasteiger partial charge in [0.15, 0.2) is 0 Å². The van der Waals surface area contributed by atoms with Crippen LogP contribution in [0.5, 0.6) is 0 Å². The van der Waals surface area contributed by atoms with Crippen LogP contribution in [0.1, 0.15) is 28.5 Å². The summed E-state index contributed by atoms with van der Waals surface area (Å²) in [4.78, 5) is 25.3. The fourth-order valence-corrected chi connectivity index (χ4v) is 1.89. The molecule has 7 heteroatoms. The first-order chi connectivity index (χ1) is 10.3. The van der Waals surface area contributed by atoms with Gasteiger partial charge in [-0.2, -0.15) is 13.2 Å². The predicted molar refractivity (Wildman–Crippen MR) is 75.8 cm³/mol. The number of amides is 1. The Bertz CT molecular complexity index is 751. The van der Waals surface area contributed by atoms with Crippen molar-refractivity contribution in [2.24, 2.45) is 0 Å². The molecule has 0 aliphatic heterocycles. The van der Waals surface area contributed by atoms with Crippen molar-refractivity contribution in [1.82, 2.24) is 4.98 Å². The molecule has 4 nitrogen and oxygen atoms in total. The largest absolute Gasteiger partial charge is 0.431 e. The minimum atomic E-state index is -4.66. The van der Waals surface area contributed by atoms with E-state index in [1.807, 2.05) is 13.0 Å². The minimum absolute atomic E-state index is 0.380. The van der Waals surface area contributed by atoms with E-state index in [4.69, 9.17) is 0 Å². The van der Waals surface area contributed by atoms with Crippen LogP contribution in [0.15, 0.2) is 41.2 Å². The molecule has 116 valence electrons. The molecular weight excluding hydrogens is 297 g/mol. The highest BCUT2D eigenvalue weighted by Gasteiger charge is 2.32. The lowest BCUT2D eigenvalue weighted by Gasteiger charge is -2.08. The fourth-order valence-electron chi connectivity index (χ4n) is 1.89. The molecule has 0 bridgehead atoms. The van der Waals surface area contributed by atoms with Crippen LogP contribution >= 0.6 is 0 Å². The van der Waals surface area contributed by atoms with Crippen molar-refractivity contribution < 1.29 is 18.0 Å². The van der Waals surface area contributed by atoms with E-state index in [1.54, 1.807) is 23.2 Å². The lowest BCUT2D eigenvalue weighted by molar-refractivity contribution is -0.141. The summed E-state index contributed by atoms with van der Waals surface area (Å²) in [7, 11) is 0. The van der Waals surface area contributed by atoms with Gasteiger partial charge < -0.3 is 10.3 Å². The average molecular weight is 310 g/mol. The third kappa shape index (κ3) is 3.55. The smallest absolute Gasteiger partial charge is 0.322 e. The van der Waals surface area contributed by atoms with E-state index in [0.29, 0.717) is 11.8 Å². The summed E-state index contributed by atoms with van der Waals surface area (Å²) < 4.78 is 37.4. The molecule has 0 fully saturated rings. The second-order valence-corrected chi connectivity index (χ2v) is 4.62. The van der Waals surface area contributed by atoms with Gasteiger partial charge in [-0.05, 0) is 36.2 Å². The fraction of sp³-hybridized carbons (Fsp3) is 0.200. The van der Waals surface area contributed by atoms with Gasteiger partial charge in [0.1, 0.15) is 11.3 Å². The first kappa shape index (κ1) is 15.8. The predicted octanol–water partition coefficient (Wildman–Crippen LogP) is 3.21. The van der Waals surface area contributed by atoms with Crippen molar-refractivity contribution in [3.8, 4) is 0 Å². The number of H-pyrrole nitrogens is 1. The number of halogens is 3. The summed E-state index contributed by atoms with van der Waals surface area (Å²) in [5.41, 5.74) is -1.20. The Morgan fingerprint density at radius 1 is 1.23 bits per heavy atom. The minimum Gasteiger partial charge on any atom is -0.322 e. The van der Waals surface area contributed by atoms with Gasteiger partial charge in [-0.1, -0.05) is 19.1 Å². The lowest BCUT2D eigenvalue weighted by Crippen LogP contribution is -2.25. The number of carbonyl (C=O) groups excluding carboxylic acids is 1. The number of anilines is 1. The third-order valence-corrected chi connectivity index (χ3v) is 3.05. The number of hydrogen-bond donors (Lipinski definition) is 2. The van der Waals surface area contributed by atoms with E-state index >= 15 is 0 Å². The summed E-state index contributed by atoms with van der Waals surface area (Å²) in [6.45, 7) is 1.95. The summed E-state index contributed by atoms with van der Waals surface area (Å²) in [6, 6.07) is 8.51. The summed E-state index contributed by atoms with van der Waals surface area (Å²) >= 11 is 0. The molecule has 2 rings (SSSR count). The Balaban J connectivity index is 2.25. The standard InChI is InChI=1S/C15H13F3N2O2/c1-2-9-4-3-5-10(8-9)19-13(21)11-6-7-12(15(16,17)18)20-14(11)22/h3-8H,2H2,1H3,(H,19,21)(H,20,22). The molecule has 0 saturated heterocycles. The maximum absolute atomic E-state index is 12.5. The first-order valence-corrected chi connectivity index (χ1v) is 6.52. The highest BCUT2D eigenvalue weighted by molar-refractivity contribution is 6.04. The Morgan fingerprint density at radius 3 is 2.55 bits per heavy atom. The topological polar surface area (TPSA) is 62.0 Å². The van der Waals surface area contributed by atoms with Crippen molar-refractivity contribution in [3.05, 3.63) is 63.6 Å². The van der Waals surface area contributed by atoms with Gasteiger partial charge in [-0.3, -0.25) is 9.59 Å². The average Bonchev–Trinajstić information content (AvgIpc) is 2.46. The van der Waals surface area contributed by atoms with Crippen molar-refractivity contribution in [3.63, 3.8) is 0 Å². The quantitative estimate of drug-likeness (QED) is 0.914. The zero-order chi connectivity index (χ0) is 16.3. The number of aromatic amines is 1. The normalized spacial score (nSPS) is 11.3. The van der Waals surface area contributed by atoms with E-state index in [0.717, 1.165) is 18.1 Å². The third-order valence-electron chi connectivity index (χ3n) is 3.05. The summed E-state index contributed by atoms with van der Waals surface area (Å²) in [6.07, 6.45) is -3.89. The van der Waals surface area contributed by atoms with Gasteiger partial charge in [-0.25, -0.2) is 0 Å². The van der Waals surface area contributed by atoms with E-state index in [-0.39, 0.29) is 5.56 Å². The molecule has 0 saturated carbocycles. The van der Waals surface area contributed by atoms with Gasteiger partial charge in [0, 0.05) is 5.69 Å². The summed E-state index contributed by atoms with van der Waals surface area (Å²) in [5, 5.41) is 2.49. The van der Waals surface area contributed by atoms with Crippen LogP contribution in [0.2, 0.25) is 0 Å². The number of rotatable bonds is 3. The Kier molecular flexibility index (Phi) is 4.35. The number of nitrogens with one attached hydrogen (secondary N) is 2. The molecule has 2 N–H and O–H groups in total. The monoisotopic (exact) mass is 310 g/mol. The van der Waals surface area contributed by atoms with Gasteiger partial charge in [0.25, 0.3) is 11.5 Å². The number of alkyl halides is 3. The first-order valence-electron chi connectivity index (χ1n) is 6.52. The molecule has 1 aromatic carbocycles. The van der Waals surface area contributed by atoms with Gasteiger partial charge in [-0.15, -0.1) is 0 Å². The van der Waals surface area contributed by atoms with Gasteiger partial charge in [0.2, 0.25) is 0 Å². The Hall–Kier alpha value is -2.57. The van der Waals surface area contributed by atoms with E-state index in [2.05, 4.69) is 5.32 Å². The molecule has 0 radical (unpaired) electrons. The lowest BCUT2D eigenvalue weighted by atomic mass is 10.1. The molecular formula is C15H13F3N2O2. The number of aryl methyl sites for hydroxylation is 1. The van der Waals surface area contributed by atoms with Crippen LogP contribution in [-0.4, -0.2) is 10.9 Å². The van der Waals surface area contributed by atoms with Crippen LogP contribution in [0.4, 0.5) is 18.9 Å². The van der Waals surface area contributed by atoms with E-state index in [9.17, 15) is 22.8 Å². The molecule has 0 aliphatic carbocycles. The van der Waals surface area contributed by atoms with Gasteiger partial charge >= 0.3 is 6.18 Å². The molecule has 2 aromatic rings. The molecule has 1 aromatic heterocycles. The van der Waals surface area contributed by atoms with E-state index < -0.39 is 23.3 Å². The van der Waals surface area contributed by atoms with Crippen LogP contribution in [0.25, 0.3) is 0 Å². The van der Waals surface area contributed by atoms with Gasteiger partial charge in [0.05, 0.1) is 0 Å². The SMILES string of the molecule is CCc1cccc(NC(=O)c2ccc(C(F)(F)F)[nH]c2=O)c1. The van der Waals surface area contributed by atoms with Crippen molar-refractivity contribution in [2.45, 2.75) is 19.5 Å². The van der Waals surface area contributed by atoms with Crippen LogP contribution in [-0.2, 0) is 12.6 Å². The maximum Gasteiger partial charge on any atom is 0.431 e. The second-order valence-electron chi connectivity index (χ2n) is 4.62. The van der Waals surface area contributed by atoms with Crippen molar-refractivity contribution in [2.75, 3.05) is 5.32 Å². The highest BCUT2D eigenvalue weighted by Crippen LogP contribution is 2.26. The number of benzene rings is 1. The zero-order valence-electron chi connectivity index (χ0n) is 11.6. The molecule has 1 amide bonds. The van der Waals surface area contributed by atoms with Crippen molar-refractivity contribution >= 4 is 11.6 Å². The number of hydrogen-bond acceptors (Lipinski definition) is 2. The van der Waals surface area contributed by atoms with Crippen molar-refractivity contribution in [1.29, 1.82) is 0 Å². The summed E-state index contributed by atoms with van der Waals surface area (Å²) in [5.74, 6) is -0.761. The maximum atomic E-state index is 12.5. The molecule has 0 aliphatic rings. The van der Waals surface area contributed by atoms with Crippen LogP contribution in [0.3, 0.4) is 0 Å². The molecule has 1 heterocycles.